The molecular formula is C30H56NNaO2S. The van der Waals surface area contributed by atoms with Gasteiger partial charge in [0.2, 0.25) is 5.91 Å². The standard InChI is InChI=1S/C26H45NO2S.2C2H6.Na/c1-18(7-12-24(28)27-16-17-30-29)21-10-11-22-20-9-8-19-6-4-5-14-25(19,2)23(20)13-15-26(21,22)3;2*1-2;/h18-23,29H,4-17H2,1-3H3,(H,27,28);2*1-2H3;/q;;;+1/p-1/t18-,19?,20?,21?,22?,23?,25?,26?;;;/m1.../s1. The van der Waals surface area contributed by atoms with E-state index in [0.29, 0.717) is 47.5 Å². The van der Waals surface area contributed by atoms with Crippen molar-refractivity contribution < 1.29 is 38.9 Å². The Kier molecular flexibility index (Phi) is 15.5. The smallest absolute Gasteiger partial charge is 0.799 e. The van der Waals surface area contributed by atoms with E-state index in [0.717, 1.165) is 36.0 Å². The Morgan fingerprint density at radius 3 is 2.31 bits per heavy atom. The Balaban J connectivity index is 0.00000117. The fraction of sp³-hybridized carbons (Fsp3) is 0.967. The van der Waals surface area contributed by atoms with Crippen molar-refractivity contribution in [1.29, 1.82) is 0 Å². The number of carbonyl (C=O) groups is 1. The van der Waals surface area contributed by atoms with Gasteiger partial charge in [-0.2, -0.15) is 0 Å². The third-order valence-corrected chi connectivity index (χ3v) is 11.0. The van der Waals surface area contributed by atoms with Gasteiger partial charge in [0.05, 0.1) is 0 Å². The van der Waals surface area contributed by atoms with Crippen LogP contribution in [-0.4, -0.2) is 22.8 Å². The molecule has 0 saturated heterocycles. The van der Waals surface area contributed by atoms with Crippen LogP contribution in [-0.2, 0) is 4.79 Å². The zero-order valence-electron chi connectivity index (χ0n) is 24.6. The van der Waals surface area contributed by atoms with Crippen LogP contribution in [0, 0.1) is 46.3 Å². The van der Waals surface area contributed by atoms with Crippen LogP contribution in [0.2, 0.25) is 0 Å². The molecule has 0 aromatic rings. The Morgan fingerprint density at radius 2 is 1.63 bits per heavy atom. The molecular weight excluding hydrogens is 461 g/mol. The molecule has 4 fully saturated rings. The van der Waals surface area contributed by atoms with E-state index in [2.05, 4.69) is 26.1 Å². The second kappa shape index (κ2) is 16.0. The Morgan fingerprint density at radius 1 is 0.943 bits per heavy atom. The molecule has 0 spiro atoms. The summed E-state index contributed by atoms with van der Waals surface area (Å²) in [6.45, 7) is 16.2. The van der Waals surface area contributed by atoms with Gasteiger partial charge < -0.3 is 9.87 Å². The first-order valence-electron chi connectivity index (χ1n) is 14.9. The van der Waals surface area contributed by atoms with Crippen LogP contribution in [0.3, 0.4) is 0 Å². The van der Waals surface area contributed by atoms with E-state index >= 15 is 0 Å². The van der Waals surface area contributed by atoms with Gasteiger partial charge in [-0.1, -0.05) is 61.3 Å². The molecule has 35 heavy (non-hydrogen) atoms. The first kappa shape index (κ1) is 33.8. The number of hydrogen-bond acceptors (Lipinski definition) is 3. The molecule has 4 aliphatic rings. The Hall–Kier alpha value is 0.780. The molecule has 200 valence electrons. The first-order valence-corrected chi connectivity index (χ1v) is 15.8. The summed E-state index contributed by atoms with van der Waals surface area (Å²) < 4.78 is 10.5. The Bertz CT molecular complexity index is 619. The summed E-state index contributed by atoms with van der Waals surface area (Å²) in [6.07, 6.45) is 16.2. The van der Waals surface area contributed by atoms with E-state index in [1.807, 2.05) is 27.7 Å². The molecule has 3 nitrogen and oxygen atoms in total. The van der Waals surface area contributed by atoms with E-state index < -0.39 is 0 Å². The van der Waals surface area contributed by atoms with Crippen molar-refractivity contribution >= 4 is 17.9 Å². The van der Waals surface area contributed by atoms with E-state index in [-0.39, 0.29) is 35.5 Å². The summed E-state index contributed by atoms with van der Waals surface area (Å²) >= 11 is 0.551. The van der Waals surface area contributed by atoms with Crippen LogP contribution in [0.15, 0.2) is 0 Å². The van der Waals surface area contributed by atoms with Gasteiger partial charge in [0.15, 0.2) is 0 Å². The summed E-state index contributed by atoms with van der Waals surface area (Å²) in [7, 11) is 0. The maximum Gasteiger partial charge on any atom is 1.00 e. The van der Waals surface area contributed by atoms with E-state index in [9.17, 15) is 9.35 Å². The van der Waals surface area contributed by atoms with Gasteiger partial charge in [0.1, 0.15) is 0 Å². The van der Waals surface area contributed by atoms with Gasteiger partial charge in [0, 0.05) is 13.0 Å². The number of nitrogens with one attached hydrogen (secondary N) is 1. The first-order chi connectivity index (χ1) is 16.4. The normalized spacial score (nSPS) is 38.0. The second-order valence-electron chi connectivity index (χ2n) is 11.8. The molecule has 1 amide bonds. The van der Waals surface area contributed by atoms with Crippen LogP contribution in [0.5, 0.6) is 0 Å². The van der Waals surface area contributed by atoms with Crippen molar-refractivity contribution in [3.05, 3.63) is 0 Å². The fourth-order valence-electron chi connectivity index (χ4n) is 9.15. The maximum absolute atomic E-state index is 12.1. The molecule has 7 unspecified atom stereocenters. The average Bonchev–Trinajstić information content (AvgIpc) is 3.22. The monoisotopic (exact) mass is 517 g/mol. The molecule has 8 atom stereocenters. The van der Waals surface area contributed by atoms with Crippen LogP contribution in [0.25, 0.3) is 0 Å². The van der Waals surface area contributed by atoms with Crippen molar-refractivity contribution in [3.63, 3.8) is 0 Å². The number of fused-ring (bicyclic) bond motifs is 5. The summed E-state index contributed by atoms with van der Waals surface area (Å²) in [5.41, 5.74) is 1.13. The zero-order chi connectivity index (χ0) is 25.4. The van der Waals surface area contributed by atoms with Crippen LogP contribution in [0.4, 0.5) is 0 Å². The minimum Gasteiger partial charge on any atom is -0.799 e. The van der Waals surface area contributed by atoms with Crippen LogP contribution in [0.1, 0.15) is 126 Å². The third kappa shape index (κ3) is 7.46. The molecule has 0 bridgehead atoms. The van der Waals surface area contributed by atoms with E-state index in [4.69, 9.17) is 0 Å². The summed E-state index contributed by atoms with van der Waals surface area (Å²) in [5, 5.41) is 2.90. The molecule has 0 heterocycles. The third-order valence-electron chi connectivity index (χ3n) is 10.7. The maximum atomic E-state index is 12.1. The average molecular weight is 518 g/mol. The number of carbonyl (C=O) groups excluding carboxylic acids is 1. The number of rotatable bonds is 7. The molecule has 1 N–H and O–H groups in total. The minimum absolute atomic E-state index is 0. The molecule has 0 aromatic carbocycles. The molecule has 0 aromatic heterocycles. The largest absolute Gasteiger partial charge is 1.00 e. The minimum atomic E-state index is 0. The van der Waals surface area contributed by atoms with Gasteiger partial charge in [-0.25, -0.2) is 0 Å². The predicted octanol–water partition coefficient (Wildman–Crippen LogP) is 5.49. The quantitative estimate of drug-likeness (QED) is 0.276. The number of hydrogen-bond donors (Lipinski definition) is 1. The van der Waals surface area contributed by atoms with Gasteiger partial charge in [-0.05, 0) is 110 Å². The van der Waals surface area contributed by atoms with Gasteiger partial charge in [0.25, 0.3) is 0 Å². The van der Waals surface area contributed by atoms with Crippen molar-refractivity contribution in [1.82, 2.24) is 5.32 Å². The topological polar surface area (TPSA) is 52.2 Å². The molecule has 0 aliphatic heterocycles. The molecule has 4 rings (SSSR count). The summed E-state index contributed by atoms with van der Waals surface area (Å²) in [5.74, 6) is 5.87. The van der Waals surface area contributed by atoms with E-state index in [1.165, 1.54) is 64.2 Å². The SMILES string of the molecule is CC.CC.C[C@H](CCC(=O)NCCS[O-])C1CCC2C3CCC4CCCCC4(C)C3CCC21C.[Na+]. The van der Waals surface area contributed by atoms with E-state index in [1.54, 1.807) is 0 Å². The Labute approximate surface area is 245 Å². The predicted molar refractivity (Wildman–Crippen MR) is 147 cm³/mol. The summed E-state index contributed by atoms with van der Waals surface area (Å²) in [4.78, 5) is 12.1. The van der Waals surface area contributed by atoms with Gasteiger partial charge in [-0.15, -0.1) is 0 Å². The zero-order valence-corrected chi connectivity index (χ0v) is 27.4. The van der Waals surface area contributed by atoms with Crippen molar-refractivity contribution in [2.45, 2.75) is 126 Å². The molecule has 0 radical (unpaired) electrons. The summed E-state index contributed by atoms with van der Waals surface area (Å²) in [6, 6.07) is 0. The number of amides is 1. The van der Waals surface area contributed by atoms with Gasteiger partial charge in [-0.3, -0.25) is 16.8 Å². The molecule has 4 saturated carbocycles. The van der Waals surface area contributed by atoms with Crippen molar-refractivity contribution in [3.8, 4) is 0 Å². The molecule has 5 heteroatoms. The van der Waals surface area contributed by atoms with Crippen molar-refractivity contribution in [2.75, 3.05) is 12.3 Å². The second-order valence-corrected chi connectivity index (χ2v) is 12.5. The van der Waals surface area contributed by atoms with Crippen LogP contribution >= 0.6 is 12.0 Å². The van der Waals surface area contributed by atoms with Gasteiger partial charge >= 0.3 is 29.6 Å². The van der Waals surface area contributed by atoms with Crippen LogP contribution < -0.4 is 34.9 Å². The fourth-order valence-corrected chi connectivity index (χ4v) is 9.34. The molecule has 4 aliphatic carbocycles. The van der Waals surface area contributed by atoms with Crippen molar-refractivity contribution in [2.24, 2.45) is 46.3 Å².